The zero-order chi connectivity index (χ0) is 13.7. The van der Waals surface area contributed by atoms with Crippen LogP contribution in [0.1, 0.15) is 13.3 Å². The van der Waals surface area contributed by atoms with Crippen molar-refractivity contribution < 1.29 is 19.1 Å². The summed E-state index contributed by atoms with van der Waals surface area (Å²) >= 11 is 3.11. The molecule has 18 heavy (non-hydrogen) atoms. The largest absolute Gasteiger partial charge is 0.481 e. The van der Waals surface area contributed by atoms with Crippen molar-refractivity contribution in [2.24, 2.45) is 0 Å². The second kappa shape index (κ2) is 6.34. The van der Waals surface area contributed by atoms with E-state index in [9.17, 15) is 14.0 Å². The van der Waals surface area contributed by atoms with E-state index in [1.54, 1.807) is 13.0 Å². The molecule has 1 atom stereocenters. The van der Waals surface area contributed by atoms with Crippen LogP contribution in [0.4, 0.5) is 14.9 Å². The number of amides is 2. The van der Waals surface area contributed by atoms with E-state index < -0.39 is 23.9 Å². The van der Waals surface area contributed by atoms with Gasteiger partial charge in [0.25, 0.3) is 0 Å². The van der Waals surface area contributed by atoms with Crippen LogP contribution in [-0.2, 0) is 4.79 Å². The summed E-state index contributed by atoms with van der Waals surface area (Å²) in [6.45, 7) is 1.55. The van der Waals surface area contributed by atoms with Crippen LogP contribution >= 0.6 is 15.9 Å². The van der Waals surface area contributed by atoms with Gasteiger partial charge in [0.05, 0.1) is 12.1 Å². The van der Waals surface area contributed by atoms with E-state index in [2.05, 4.69) is 26.6 Å². The number of carbonyl (C=O) groups is 2. The van der Waals surface area contributed by atoms with E-state index in [0.717, 1.165) is 0 Å². The first-order chi connectivity index (χ1) is 8.40. The maximum Gasteiger partial charge on any atom is 0.319 e. The van der Waals surface area contributed by atoms with Gasteiger partial charge in [0, 0.05) is 10.5 Å². The number of benzene rings is 1. The van der Waals surface area contributed by atoms with Crippen LogP contribution in [0.2, 0.25) is 0 Å². The first kappa shape index (κ1) is 14.4. The SMILES string of the molecule is CC(CC(=O)O)NC(=O)Nc1c(F)cccc1Br. The van der Waals surface area contributed by atoms with Crippen molar-refractivity contribution in [3.05, 3.63) is 28.5 Å². The molecular formula is C11H12BrFN2O3. The molecular weight excluding hydrogens is 307 g/mol. The first-order valence-corrected chi connectivity index (χ1v) is 5.92. The Balaban J connectivity index is 2.62. The van der Waals surface area contributed by atoms with Crippen molar-refractivity contribution in [3.8, 4) is 0 Å². The highest BCUT2D eigenvalue weighted by molar-refractivity contribution is 9.10. The fraction of sp³-hybridized carbons (Fsp3) is 0.273. The van der Waals surface area contributed by atoms with Crippen molar-refractivity contribution in [2.45, 2.75) is 19.4 Å². The monoisotopic (exact) mass is 318 g/mol. The Kier molecular flexibility index (Phi) is 5.08. The molecule has 1 rings (SSSR count). The van der Waals surface area contributed by atoms with Crippen LogP contribution < -0.4 is 10.6 Å². The molecule has 1 unspecified atom stereocenters. The number of carboxylic acids is 1. The highest BCUT2D eigenvalue weighted by Gasteiger charge is 2.13. The van der Waals surface area contributed by atoms with E-state index in [4.69, 9.17) is 5.11 Å². The number of para-hydroxylation sites is 1. The molecule has 5 nitrogen and oxygen atoms in total. The van der Waals surface area contributed by atoms with Crippen LogP contribution in [0.25, 0.3) is 0 Å². The summed E-state index contributed by atoms with van der Waals surface area (Å²) in [4.78, 5) is 21.9. The average Bonchev–Trinajstić information content (AvgIpc) is 2.22. The summed E-state index contributed by atoms with van der Waals surface area (Å²) in [5.74, 6) is -1.60. The summed E-state index contributed by atoms with van der Waals surface area (Å²) in [6.07, 6.45) is -0.203. The minimum Gasteiger partial charge on any atom is -0.481 e. The molecule has 0 aliphatic rings. The Bertz CT molecular complexity index is 447. The summed E-state index contributed by atoms with van der Waals surface area (Å²) in [5.41, 5.74) is 0.0116. The molecule has 0 fully saturated rings. The van der Waals surface area contributed by atoms with Gasteiger partial charge in [0.1, 0.15) is 5.82 Å². The van der Waals surface area contributed by atoms with E-state index in [-0.39, 0.29) is 12.1 Å². The Labute approximate surface area is 112 Å². The number of halogens is 2. The minimum atomic E-state index is -1.02. The Morgan fingerprint density at radius 1 is 1.50 bits per heavy atom. The van der Waals surface area contributed by atoms with Crippen LogP contribution in [0.5, 0.6) is 0 Å². The van der Waals surface area contributed by atoms with Gasteiger partial charge >= 0.3 is 12.0 Å². The number of hydrogen-bond acceptors (Lipinski definition) is 2. The van der Waals surface area contributed by atoms with E-state index >= 15 is 0 Å². The molecule has 7 heteroatoms. The predicted molar refractivity (Wildman–Crippen MR) is 68.0 cm³/mol. The van der Waals surface area contributed by atoms with E-state index in [1.165, 1.54) is 12.1 Å². The molecule has 0 aliphatic heterocycles. The van der Waals surface area contributed by atoms with Crippen LogP contribution in [0.3, 0.4) is 0 Å². The number of anilines is 1. The molecule has 0 radical (unpaired) electrons. The number of nitrogens with one attached hydrogen (secondary N) is 2. The fourth-order valence-electron chi connectivity index (χ4n) is 1.30. The molecule has 2 amide bonds. The molecule has 1 aromatic carbocycles. The number of carbonyl (C=O) groups excluding carboxylic acids is 1. The number of rotatable bonds is 4. The van der Waals surface area contributed by atoms with E-state index in [1.807, 2.05) is 0 Å². The van der Waals surface area contributed by atoms with Gasteiger partial charge in [-0.15, -0.1) is 0 Å². The lowest BCUT2D eigenvalue weighted by atomic mass is 10.2. The second-order valence-corrected chi connectivity index (χ2v) is 4.55. The van der Waals surface area contributed by atoms with Crippen molar-refractivity contribution in [3.63, 3.8) is 0 Å². The number of aliphatic carboxylic acids is 1. The minimum absolute atomic E-state index is 0.0116. The molecule has 3 N–H and O–H groups in total. The molecule has 0 saturated carbocycles. The zero-order valence-electron chi connectivity index (χ0n) is 9.54. The van der Waals surface area contributed by atoms with Crippen LogP contribution in [0.15, 0.2) is 22.7 Å². The molecule has 0 aromatic heterocycles. The molecule has 0 saturated heterocycles. The topological polar surface area (TPSA) is 78.4 Å². The summed E-state index contributed by atoms with van der Waals surface area (Å²) in [7, 11) is 0. The summed E-state index contributed by atoms with van der Waals surface area (Å²) in [5, 5.41) is 13.2. The second-order valence-electron chi connectivity index (χ2n) is 3.69. The third-order valence-corrected chi connectivity index (χ3v) is 2.72. The lowest BCUT2D eigenvalue weighted by Gasteiger charge is -2.13. The van der Waals surface area contributed by atoms with Crippen molar-refractivity contribution in [1.29, 1.82) is 0 Å². The van der Waals surface area contributed by atoms with Crippen LogP contribution in [0, 0.1) is 5.82 Å². The molecule has 98 valence electrons. The van der Waals surface area contributed by atoms with Crippen molar-refractivity contribution in [1.82, 2.24) is 5.32 Å². The van der Waals surface area contributed by atoms with Gasteiger partial charge < -0.3 is 15.7 Å². The third kappa shape index (κ3) is 4.33. The Hall–Kier alpha value is -1.63. The molecule has 0 aliphatic carbocycles. The van der Waals surface area contributed by atoms with Gasteiger partial charge in [-0.25, -0.2) is 9.18 Å². The van der Waals surface area contributed by atoms with Gasteiger partial charge in [-0.1, -0.05) is 6.07 Å². The molecule has 0 bridgehead atoms. The Morgan fingerprint density at radius 2 is 2.17 bits per heavy atom. The zero-order valence-corrected chi connectivity index (χ0v) is 11.1. The summed E-state index contributed by atoms with van der Waals surface area (Å²) < 4.78 is 13.8. The molecule has 0 heterocycles. The van der Waals surface area contributed by atoms with Gasteiger partial charge in [0.15, 0.2) is 0 Å². The molecule has 1 aromatic rings. The highest BCUT2D eigenvalue weighted by Crippen LogP contribution is 2.24. The smallest absolute Gasteiger partial charge is 0.319 e. The predicted octanol–water partition coefficient (Wildman–Crippen LogP) is 2.57. The number of carboxylic acid groups (broad SMARTS) is 1. The summed E-state index contributed by atoms with van der Waals surface area (Å²) in [6, 6.07) is 3.08. The van der Waals surface area contributed by atoms with Crippen LogP contribution in [-0.4, -0.2) is 23.1 Å². The van der Waals surface area contributed by atoms with Gasteiger partial charge in [-0.05, 0) is 35.0 Å². The van der Waals surface area contributed by atoms with Gasteiger partial charge in [-0.3, -0.25) is 4.79 Å². The number of urea groups is 1. The quantitative estimate of drug-likeness (QED) is 0.798. The maximum atomic E-state index is 13.4. The molecule has 0 spiro atoms. The normalized spacial score (nSPS) is 11.7. The van der Waals surface area contributed by atoms with Gasteiger partial charge in [0.2, 0.25) is 0 Å². The maximum absolute atomic E-state index is 13.4. The Morgan fingerprint density at radius 3 is 2.72 bits per heavy atom. The van der Waals surface area contributed by atoms with Crippen molar-refractivity contribution in [2.75, 3.05) is 5.32 Å². The standard InChI is InChI=1S/C11H12BrFN2O3/c1-6(5-9(16)17)14-11(18)15-10-7(12)3-2-4-8(10)13/h2-4,6H,5H2,1H3,(H,16,17)(H2,14,15,18). The fourth-order valence-corrected chi connectivity index (χ4v) is 1.74. The number of hydrogen-bond donors (Lipinski definition) is 3. The van der Waals surface area contributed by atoms with Gasteiger partial charge in [-0.2, -0.15) is 0 Å². The van der Waals surface area contributed by atoms with E-state index in [0.29, 0.717) is 4.47 Å². The lowest BCUT2D eigenvalue weighted by molar-refractivity contribution is -0.137. The third-order valence-electron chi connectivity index (χ3n) is 2.06. The lowest BCUT2D eigenvalue weighted by Crippen LogP contribution is -2.37. The average molecular weight is 319 g/mol. The first-order valence-electron chi connectivity index (χ1n) is 5.13. The highest BCUT2D eigenvalue weighted by atomic mass is 79.9. The van der Waals surface area contributed by atoms with Crippen molar-refractivity contribution >= 4 is 33.6 Å².